The zero-order chi connectivity index (χ0) is 16.8. The molecule has 0 saturated carbocycles. The van der Waals surface area contributed by atoms with Crippen LogP contribution in [0.5, 0.6) is 0 Å². The fraction of sp³-hybridized carbons (Fsp3) is 0.647. The van der Waals surface area contributed by atoms with Crippen LogP contribution >= 0.6 is 0 Å². The Morgan fingerprint density at radius 1 is 1.22 bits per heavy atom. The predicted molar refractivity (Wildman–Crippen MR) is 95.0 cm³/mol. The number of nitrogens with zero attached hydrogens (tertiary/aromatic N) is 4. The molecule has 0 radical (unpaired) electrons. The summed E-state index contributed by atoms with van der Waals surface area (Å²) in [6.45, 7) is 13.4. The molecule has 0 atom stereocenters. The number of anilines is 1. The van der Waals surface area contributed by atoms with Crippen molar-refractivity contribution in [1.82, 2.24) is 19.4 Å². The Morgan fingerprint density at radius 3 is 2.61 bits per heavy atom. The smallest absolute Gasteiger partial charge is 0.146 e. The number of fused-ring (bicyclic) bond motifs is 1. The number of aliphatic hydroxyl groups is 1. The van der Waals surface area contributed by atoms with Gasteiger partial charge in [0, 0.05) is 18.8 Å². The molecule has 0 unspecified atom stereocenters. The molecule has 0 bridgehead atoms. The molecule has 0 amide bonds. The van der Waals surface area contributed by atoms with Gasteiger partial charge >= 0.3 is 0 Å². The molecule has 0 aliphatic carbocycles. The Labute approximate surface area is 138 Å². The molecule has 2 N–H and O–H groups in total. The van der Waals surface area contributed by atoms with Gasteiger partial charge in [0.25, 0.3) is 0 Å². The van der Waals surface area contributed by atoms with Crippen LogP contribution in [0, 0.1) is 13.8 Å². The highest BCUT2D eigenvalue weighted by Crippen LogP contribution is 2.28. The third-order valence-corrected chi connectivity index (χ3v) is 4.57. The van der Waals surface area contributed by atoms with Gasteiger partial charge in [-0.1, -0.05) is 13.8 Å². The fourth-order valence-corrected chi connectivity index (χ4v) is 3.03. The van der Waals surface area contributed by atoms with Gasteiger partial charge in [-0.25, -0.2) is 9.97 Å². The van der Waals surface area contributed by atoms with Crippen molar-refractivity contribution in [3.63, 3.8) is 0 Å². The van der Waals surface area contributed by atoms with E-state index in [9.17, 15) is 5.11 Å². The summed E-state index contributed by atoms with van der Waals surface area (Å²) in [5.74, 6) is 0.895. The quantitative estimate of drug-likeness (QED) is 0.694. The average molecular weight is 319 g/mol. The van der Waals surface area contributed by atoms with Crippen LogP contribution in [0.15, 0.2) is 6.33 Å². The first kappa shape index (κ1) is 17.7. The van der Waals surface area contributed by atoms with Crippen molar-refractivity contribution in [3.05, 3.63) is 17.6 Å². The molecule has 0 aromatic carbocycles. The molecule has 0 saturated heterocycles. The Bertz CT molecular complexity index is 633. The van der Waals surface area contributed by atoms with E-state index in [2.05, 4.69) is 52.4 Å². The molecule has 6 nitrogen and oxygen atoms in total. The number of nitrogens with one attached hydrogen (secondary N) is 1. The van der Waals surface area contributed by atoms with E-state index in [1.807, 2.05) is 0 Å². The van der Waals surface area contributed by atoms with Crippen molar-refractivity contribution in [2.45, 2.75) is 40.7 Å². The van der Waals surface area contributed by atoms with Crippen LogP contribution in [-0.2, 0) is 6.54 Å². The normalized spacial score (nSPS) is 11.6. The number of hydrogen-bond acceptors (Lipinski definition) is 5. The minimum Gasteiger partial charge on any atom is -0.395 e. The SMILES string of the molecule is CCN(CC)CCCNc1ncnc2c1c(C)c(C)n2CCO. The third-order valence-electron chi connectivity index (χ3n) is 4.57. The van der Waals surface area contributed by atoms with Gasteiger partial charge in [-0.15, -0.1) is 0 Å². The summed E-state index contributed by atoms with van der Waals surface area (Å²) in [6.07, 6.45) is 2.68. The van der Waals surface area contributed by atoms with E-state index in [1.54, 1.807) is 6.33 Å². The summed E-state index contributed by atoms with van der Waals surface area (Å²) in [4.78, 5) is 11.3. The zero-order valence-corrected chi connectivity index (χ0v) is 14.8. The Balaban J connectivity index is 2.14. The van der Waals surface area contributed by atoms with Gasteiger partial charge in [0.2, 0.25) is 0 Å². The number of aryl methyl sites for hydroxylation is 1. The number of aromatic nitrogens is 3. The highest BCUT2D eigenvalue weighted by Gasteiger charge is 2.15. The Hall–Kier alpha value is -1.66. The molecule has 0 fully saturated rings. The average Bonchev–Trinajstić information content (AvgIpc) is 2.81. The summed E-state index contributed by atoms with van der Waals surface area (Å²) in [7, 11) is 0. The van der Waals surface area contributed by atoms with E-state index in [1.165, 1.54) is 5.56 Å². The molecule has 2 aromatic heterocycles. The molecule has 0 spiro atoms. The largest absolute Gasteiger partial charge is 0.395 e. The minimum atomic E-state index is 0.112. The fourth-order valence-electron chi connectivity index (χ4n) is 3.03. The highest BCUT2D eigenvalue weighted by molar-refractivity contribution is 5.91. The molecular weight excluding hydrogens is 290 g/mol. The summed E-state index contributed by atoms with van der Waals surface area (Å²) in [6, 6.07) is 0. The van der Waals surface area contributed by atoms with Crippen LogP contribution in [0.25, 0.3) is 11.0 Å². The molecule has 0 aliphatic rings. The lowest BCUT2D eigenvalue weighted by Gasteiger charge is -2.17. The van der Waals surface area contributed by atoms with Gasteiger partial charge in [-0.2, -0.15) is 0 Å². The Kier molecular flexibility index (Phi) is 6.36. The first-order valence-corrected chi connectivity index (χ1v) is 8.51. The first-order chi connectivity index (χ1) is 11.1. The summed E-state index contributed by atoms with van der Waals surface area (Å²) < 4.78 is 2.06. The second-order valence-corrected chi connectivity index (χ2v) is 5.81. The number of rotatable bonds is 9. The van der Waals surface area contributed by atoms with Crippen molar-refractivity contribution in [3.8, 4) is 0 Å². The van der Waals surface area contributed by atoms with E-state index in [0.717, 1.165) is 55.1 Å². The van der Waals surface area contributed by atoms with Crippen LogP contribution in [0.4, 0.5) is 5.82 Å². The van der Waals surface area contributed by atoms with Gasteiger partial charge in [0.15, 0.2) is 0 Å². The van der Waals surface area contributed by atoms with Crippen molar-refractivity contribution in [2.24, 2.45) is 0 Å². The second kappa shape index (κ2) is 8.26. The maximum Gasteiger partial charge on any atom is 0.146 e. The van der Waals surface area contributed by atoms with E-state index >= 15 is 0 Å². The van der Waals surface area contributed by atoms with Crippen LogP contribution in [0.2, 0.25) is 0 Å². The molecule has 23 heavy (non-hydrogen) atoms. The lowest BCUT2D eigenvalue weighted by molar-refractivity contribution is 0.276. The topological polar surface area (TPSA) is 66.2 Å². The highest BCUT2D eigenvalue weighted by atomic mass is 16.3. The molecule has 2 heterocycles. The van der Waals surface area contributed by atoms with E-state index in [0.29, 0.717) is 6.54 Å². The third kappa shape index (κ3) is 3.82. The Morgan fingerprint density at radius 2 is 1.96 bits per heavy atom. The number of hydrogen-bond donors (Lipinski definition) is 2. The second-order valence-electron chi connectivity index (χ2n) is 5.81. The van der Waals surface area contributed by atoms with Gasteiger partial charge < -0.3 is 19.9 Å². The van der Waals surface area contributed by atoms with E-state index < -0.39 is 0 Å². The summed E-state index contributed by atoms with van der Waals surface area (Å²) in [5.41, 5.74) is 3.22. The maximum atomic E-state index is 9.27. The van der Waals surface area contributed by atoms with Crippen molar-refractivity contribution < 1.29 is 5.11 Å². The standard InChI is InChI=1S/C17H29N5O/c1-5-21(6-2)9-7-8-18-16-15-13(3)14(4)22(10-11-23)17(15)20-12-19-16/h12,23H,5-11H2,1-4H3,(H,18,19,20). The van der Waals surface area contributed by atoms with Crippen molar-refractivity contribution >= 4 is 16.9 Å². The maximum absolute atomic E-state index is 9.27. The van der Waals surface area contributed by atoms with E-state index in [4.69, 9.17) is 0 Å². The van der Waals surface area contributed by atoms with Gasteiger partial charge in [-0.05, 0) is 45.5 Å². The van der Waals surface area contributed by atoms with Crippen LogP contribution < -0.4 is 5.32 Å². The zero-order valence-electron chi connectivity index (χ0n) is 14.8. The van der Waals surface area contributed by atoms with Crippen LogP contribution in [0.3, 0.4) is 0 Å². The summed E-state index contributed by atoms with van der Waals surface area (Å²) in [5, 5.41) is 13.8. The molecule has 2 rings (SSSR count). The molecule has 0 aliphatic heterocycles. The molecule has 6 heteroatoms. The molecule has 2 aromatic rings. The van der Waals surface area contributed by atoms with Crippen LogP contribution in [0.1, 0.15) is 31.5 Å². The lowest BCUT2D eigenvalue weighted by atomic mass is 10.2. The molecule has 128 valence electrons. The van der Waals surface area contributed by atoms with Gasteiger partial charge in [0.1, 0.15) is 17.8 Å². The lowest BCUT2D eigenvalue weighted by Crippen LogP contribution is -2.25. The first-order valence-electron chi connectivity index (χ1n) is 8.51. The summed E-state index contributed by atoms with van der Waals surface area (Å²) >= 11 is 0. The van der Waals surface area contributed by atoms with Crippen LogP contribution in [-0.4, -0.2) is 57.3 Å². The number of aliphatic hydroxyl groups excluding tert-OH is 1. The van der Waals surface area contributed by atoms with Gasteiger partial charge in [-0.3, -0.25) is 0 Å². The minimum absolute atomic E-state index is 0.112. The van der Waals surface area contributed by atoms with Gasteiger partial charge in [0.05, 0.1) is 12.0 Å². The predicted octanol–water partition coefficient (Wildman–Crippen LogP) is 2.18. The monoisotopic (exact) mass is 319 g/mol. The molecular formula is C17H29N5O. The van der Waals surface area contributed by atoms with E-state index in [-0.39, 0.29) is 6.61 Å². The van der Waals surface area contributed by atoms with Crippen molar-refractivity contribution in [1.29, 1.82) is 0 Å². The van der Waals surface area contributed by atoms with Crippen molar-refractivity contribution in [2.75, 3.05) is 38.1 Å².